The van der Waals surface area contributed by atoms with E-state index in [0.29, 0.717) is 26.3 Å². The summed E-state index contributed by atoms with van der Waals surface area (Å²) >= 11 is 0. The van der Waals surface area contributed by atoms with Gasteiger partial charge in [0.2, 0.25) is 5.95 Å². The molecule has 4 rings (SSSR count). The molecule has 8 nitrogen and oxygen atoms in total. The maximum Gasteiger partial charge on any atom is 0.321 e. The van der Waals surface area contributed by atoms with Crippen LogP contribution in [0.3, 0.4) is 0 Å². The molecule has 8 heteroatoms. The van der Waals surface area contributed by atoms with Gasteiger partial charge in [-0.25, -0.2) is 9.78 Å². The lowest BCUT2D eigenvalue weighted by Crippen LogP contribution is -2.50. The van der Waals surface area contributed by atoms with Crippen molar-refractivity contribution < 1.29 is 9.53 Å². The van der Waals surface area contributed by atoms with Crippen LogP contribution >= 0.6 is 0 Å². The minimum Gasteiger partial charge on any atom is -0.378 e. The fraction of sp³-hybridized carbons (Fsp3) is 0.476. The molecule has 2 aliphatic rings. The van der Waals surface area contributed by atoms with E-state index in [-0.39, 0.29) is 6.03 Å². The van der Waals surface area contributed by atoms with Gasteiger partial charge in [0, 0.05) is 56.7 Å². The number of morpholine rings is 1. The minimum absolute atomic E-state index is 0.0527. The zero-order chi connectivity index (χ0) is 20.2. The summed E-state index contributed by atoms with van der Waals surface area (Å²) in [6.45, 7) is 9.89. The molecular formula is C21H28N6O2. The lowest BCUT2D eigenvalue weighted by molar-refractivity contribution is 0.122. The number of nitrogens with one attached hydrogen (secondary N) is 1. The minimum atomic E-state index is -0.0527. The Morgan fingerprint density at radius 2 is 1.72 bits per heavy atom. The molecule has 3 heterocycles. The second-order valence-corrected chi connectivity index (χ2v) is 7.54. The van der Waals surface area contributed by atoms with E-state index in [1.165, 1.54) is 0 Å². The van der Waals surface area contributed by atoms with Crippen LogP contribution < -0.4 is 15.1 Å². The third-order valence-electron chi connectivity index (χ3n) is 5.28. The van der Waals surface area contributed by atoms with Gasteiger partial charge < -0.3 is 24.8 Å². The third kappa shape index (κ3) is 4.76. The highest BCUT2D eigenvalue weighted by molar-refractivity contribution is 5.89. The summed E-state index contributed by atoms with van der Waals surface area (Å²) in [4.78, 5) is 28.3. The Kier molecular flexibility index (Phi) is 5.80. The molecule has 2 saturated heterocycles. The average Bonchev–Trinajstić information content (AvgIpc) is 2.74. The summed E-state index contributed by atoms with van der Waals surface area (Å²) in [6.07, 6.45) is 0. The number of piperazine rings is 1. The van der Waals surface area contributed by atoms with Crippen LogP contribution in [0.4, 0.5) is 22.2 Å². The Morgan fingerprint density at radius 3 is 2.45 bits per heavy atom. The fourth-order valence-corrected chi connectivity index (χ4v) is 3.67. The van der Waals surface area contributed by atoms with Crippen molar-refractivity contribution >= 4 is 23.5 Å². The zero-order valence-corrected chi connectivity index (χ0v) is 17.1. The van der Waals surface area contributed by atoms with Crippen LogP contribution in [0.5, 0.6) is 0 Å². The van der Waals surface area contributed by atoms with E-state index in [4.69, 9.17) is 9.72 Å². The van der Waals surface area contributed by atoms with E-state index in [2.05, 4.69) is 20.1 Å². The topological polar surface area (TPSA) is 73.8 Å². The first kappa shape index (κ1) is 19.4. The Balaban J connectivity index is 1.38. The van der Waals surface area contributed by atoms with Crippen molar-refractivity contribution in [1.82, 2.24) is 14.9 Å². The number of amides is 2. The lowest BCUT2D eigenvalue weighted by atomic mass is 10.2. The summed E-state index contributed by atoms with van der Waals surface area (Å²) in [6, 6.07) is 9.83. The van der Waals surface area contributed by atoms with Gasteiger partial charge in [-0.1, -0.05) is 12.1 Å². The molecule has 154 valence electrons. The van der Waals surface area contributed by atoms with E-state index in [1.54, 1.807) is 0 Å². The maximum atomic E-state index is 12.6. The Bertz CT molecular complexity index is 860. The number of hydrogen-bond donors (Lipinski definition) is 1. The van der Waals surface area contributed by atoms with Gasteiger partial charge in [-0.2, -0.15) is 4.98 Å². The molecule has 0 radical (unpaired) electrons. The Labute approximate surface area is 171 Å². The molecule has 0 bridgehead atoms. The van der Waals surface area contributed by atoms with Gasteiger partial charge >= 0.3 is 6.03 Å². The molecule has 0 unspecified atom stereocenters. The predicted octanol–water partition coefficient (Wildman–Crippen LogP) is 2.28. The van der Waals surface area contributed by atoms with Gasteiger partial charge in [0.1, 0.15) is 5.82 Å². The van der Waals surface area contributed by atoms with Crippen molar-refractivity contribution in [3.05, 3.63) is 41.6 Å². The first-order chi connectivity index (χ1) is 14.1. The van der Waals surface area contributed by atoms with E-state index < -0.39 is 0 Å². The molecular weight excluding hydrogens is 368 g/mol. The molecule has 2 aliphatic heterocycles. The number of ether oxygens (including phenoxy) is 1. The highest BCUT2D eigenvalue weighted by Crippen LogP contribution is 2.20. The first-order valence-electron chi connectivity index (χ1n) is 10.1. The molecule has 29 heavy (non-hydrogen) atoms. The van der Waals surface area contributed by atoms with Crippen molar-refractivity contribution in [2.75, 3.05) is 67.6 Å². The molecule has 0 atom stereocenters. The maximum absolute atomic E-state index is 12.6. The zero-order valence-electron chi connectivity index (χ0n) is 17.1. The molecule has 0 aliphatic carbocycles. The largest absolute Gasteiger partial charge is 0.378 e. The summed E-state index contributed by atoms with van der Waals surface area (Å²) < 4.78 is 5.43. The number of aromatic nitrogens is 2. The van der Waals surface area contributed by atoms with Gasteiger partial charge in [-0.3, -0.25) is 0 Å². The predicted molar refractivity (Wildman–Crippen MR) is 114 cm³/mol. The van der Waals surface area contributed by atoms with Gasteiger partial charge in [-0.15, -0.1) is 0 Å². The van der Waals surface area contributed by atoms with E-state index >= 15 is 0 Å². The van der Waals surface area contributed by atoms with E-state index in [0.717, 1.165) is 54.9 Å². The van der Waals surface area contributed by atoms with E-state index in [9.17, 15) is 4.79 Å². The van der Waals surface area contributed by atoms with Gasteiger partial charge in [0.05, 0.1) is 13.2 Å². The summed E-state index contributed by atoms with van der Waals surface area (Å²) in [7, 11) is 0. The molecule has 1 N–H and O–H groups in total. The number of carbonyl (C=O) groups is 1. The van der Waals surface area contributed by atoms with Crippen LogP contribution in [0.25, 0.3) is 0 Å². The standard InChI is InChI=1S/C21H28N6O2/c1-16-4-3-5-18(14-16)23-21(28)27-8-6-25(7-9-27)19-15-17(2)22-20(24-19)26-10-12-29-13-11-26/h3-5,14-15H,6-13H2,1-2H3,(H,23,28). The third-order valence-corrected chi connectivity index (χ3v) is 5.28. The quantitative estimate of drug-likeness (QED) is 0.858. The van der Waals surface area contributed by atoms with Crippen LogP contribution in [0.2, 0.25) is 0 Å². The number of hydrogen-bond acceptors (Lipinski definition) is 6. The Hall–Kier alpha value is -2.87. The number of anilines is 3. The Morgan fingerprint density at radius 1 is 0.966 bits per heavy atom. The number of rotatable bonds is 3. The summed E-state index contributed by atoms with van der Waals surface area (Å²) in [5.74, 6) is 1.70. The fourth-order valence-electron chi connectivity index (χ4n) is 3.67. The van der Waals surface area contributed by atoms with Crippen molar-refractivity contribution in [1.29, 1.82) is 0 Å². The van der Waals surface area contributed by atoms with Crippen LogP contribution in [0, 0.1) is 13.8 Å². The van der Waals surface area contributed by atoms with Crippen LogP contribution in [0.1, 0.15) is 11.3 Å². The van der Waals surface area contributed by atoms with Gasteiger partial charge in [-0.05, 0) is 31.5 Å². The highest BCUT2D eigenvalue weighted by Gasteiger charge is 2.23. The summed E-state index contributed by atoms with van der Waals surface area (Å²) in [5, 5.41) is 2.99. The van der Waals surface area contributed by atoms with Crippen molar-refractivity contribution in [2.45, 2.75) is 13.8 Å². The second-order valence-electron chi connectivity index (χ2n) is 7.54. The number of benzene rings is 1. The second kappa shape index (κ2) is 8.65. The number of urea groups is 1. The van der Waals surface area contributed by atoms with E-state index in [1.807, 2.05) is 49.1 Å². The number of aryl methyl sites for hydroxylation is 2. The summed E-state index contributed by atoms with van der Waals surface area (Å²) in [5.41, 5.74) is 2.91. The van der Waals surface area contributed by atoms with Crippen molar-refractivity contribution in [2.24, 2.45) is 0 Å². The van der Waals surface area contributed by atoms with Crippen LogP contribution in [-0.2, 0) is 4.74 Å². The van der Waals surface area contributed by atoms with Crippen molar-refractivity contribution in [3.63, 3.8) is 0 Å². The van der Waals surface area contributed by atoms with Crippen LogP contribution in [-0.4, -0.2) is 73.4 Å². The normalized spacial score (nSPS) is 17.4. The molecule has 0 saturated carbocycles. The molecule has 2 amide bonds. The number of carbonyl (C=O) groups excluding carboxylic acids is 1. The molecule has 2 fully saturated rings. The number of nitrogens with zero attached hydrogens (tertiary/aromatic N) is 5. The molecule has 1 aromatic carbocycles. The average molecular weight is 396 g/mol. The SMILES string of the molecule is Cc1cccc(NC(=O)N2CCN(c3cc(C)nc(N4CCOCC4)n3)CC2)c1. The monoisotopic (exact) mass is 396 g/mol. The first-order valence-corrected chi connectivity index (χ1v) is 10.1. The smallest absolute Gasteiger partial charge is 0.321 e. The van der Waals surface area contributed by atoms with Crippen LogP contribution in [0.15, 0.2) is 30.3 Å². The molecule has 0 spiro atoms. The lowest BCUT2D eigenvalue weighted by Gasteiger charge is -2.36. The van der Waals surface area contributed by atoms with Gasteiger partial charge in [0.15, 0.2) is 0 Å². The molecule has 2 aromatic rings. The highest BCUT2D eigenvalue weighted by atomic mass is 16.5. The van der Waals surface area contributed by atoms with Crippen molar-refractivity contribution in [3.8, 4) is 0 Å². The van der Waals surface area contributed by atoms with Gasteiger partial charge in [0.25, 0.3) is 0 Å². The molecule has 1 aromatic heterocycles.